The molecule has 0 saturated heterocycles. The molecule has 2 aromatic carbocycles. The minimum Gasteiger partial charge on any atom is -0.493 e. The van der Waals surface area contributed by atoms with E-state index in [0.717, 1.165) is 10.5 Å². The van der Waals surface area contributed by atoms with E-state index in [4.69, 9.17) is 15.2 Å². The van der Waals surface area contributed by atoms with Crippen LogP contribution in [0.3, 0.4) is 0 Å². The quantitative estimate of drug-likeness (QED) is 0.860. The second-order valence-corrected chi connectivity index (χ2v) is 5.70. The molecule has 2 rings (SSSR count). The molecule has 1 unspecified atom stereocenters. The highest BCUT2D eigenvalue weighted by atomic mass is 32.2. The first-order chi connectivity index (χ1) is 9.63. The van der Waals surface area contributed by atoms with Crippen molar-refractivity contribution in [2.45, 2.75) is 10.6 Å². The number of rotatable bonds is 5. The lowest BCUT2D eigenvalue weighted by Gasteiger charge is -2.09. The van der Waals surface area contributed by atoms with Crippen molar-refractivity contribution in [1.29, 1.82) is 0 Å². The monoisotopic (exact) mass is 291 g/mol. The minimum absolute atomic E-state index is 0.407. The minimum atomic E-state index is -1.14. The summed E-state index contributed by atoms with van der Waals surface area (Å²) < 4.78 is 22.7. The largest absolute Gasteiger partial charge is 0.493 e. The molecule has 0 aliphatic carbocycles. The van der Waals surface area contributed by atoms with Gasteiger partial charge in [0.25, 0.3) is 0 Å². The van der Waals surface area contributed by atoms with Gasteiger partial charge in [-0.2, -0.15) is 0 Å². The van der Waals surface area contributed by atoms with Crippen LogP contribution in [-0.2, 0) is 16.6 Å². The molecule has 0 aliphatic rings. The van der Waals surface area contributed by atoms with Crippen LogP contribution in [0.4, 0.5) is 5.69 Å². The second-order valence-electron chi connectivity index (χ2n) is 4.25. The zero-order valence-electron chi connectivity index (χ0n) is 11.5. The maximum Gasteiger partial charge on any atom is 0.161 e. The molecule has 4 nitrogen and oxygen atoms in total. The predicted octanol–water partition coefficient (Wildman–Crippen LogP) is 2.59. The van der Waals surface area contributed by atoms with Gasteiger partial charge in [-0.3, -0.25) is 4.21 Å². The molecular formula is C15H17NO3S. The van der Waals surface area contributed by atoms with Crippen molar-refractivity contribution >= 4 is 16.5 Å². The molecule has 5 heteroatoms. The second kappa shape index (κ2) is 6.43. The molecule has 0 fully saturated rings. The summed E-state index contributed by atoms with van der Waals surface area (Å²) in [5.41, 5.74) is 7.24. The zero-order valence-corrected chi connectivity index (χ0v) is 12.3. The first-order valence-electron chi connectivity index (χ1n) is 6.09. The van der Waals surface area contributed by atoms with E-state index in [1.165, 1.54) is 0 Å². The number of hydrogen-bond donors (Lipinski definition) is 1. The van der Waals surface area contributed by atoms with Crippen molar-refractivity contribution in [3.05, 3.63) is 48.0 Å². The van der Waals surface area contributed by atoms with Crippen molar-refractivity contribution in [2.75, 3.05) is 20.0 Å². The molecule has 0 aliphatic heterocycles. The van der Waals surface area contributed by atoms with Gasteiger partial charge >= 0.3 is 0 Å². The third-order valence-electron chi connectivity index (χ3n) is 2.87. The van der Waals surface area contributed by atoms with Gasteiger partial charge in [0.05, 0.1) is 30.8 Å². The highest BCUT2D eigenvalue weighted by Gasteiger charge is 2.09. The summed E-state index contributed by atoms with van der Waals surface area (Å²) in [5.74, 6) is 1.70. The van der Waals surface area contributed by atoms with Gasteiger partial charge < -0.3 is 15.2 Å². The van der Waals surface area contributed by atoms with Gasteiger partial charge in [-0.1, -0.05) is 12.1 Å². The van der Waals surface area contributed by atoms with Gasteiger partial charge in [0, 0.05) is 10.6 Å². The van der Waals surface area contributed by atoms with Crippen LogP contribution >= 0.6 is 0 Å². The molecule has 0 saturated carbocycles. The molecule has 1 atom stereocenters. The summed E-state index contributed by atoms with van der Waals surface area (Å²) in [7, 11) is 2.03. The Morgan fingerprint density at radius 2 is 1.80 bits per heavy atom. The smallest absolute Gasteiger partial charge is 0.161 e. The van der Waals surface area contributed by atoms with E-state index in [2.05, 4.69) is 0 Å². The van der Waals surface area contributed by atoms with Gasteiger partial charge in [-0.15, -0.1) is 0 Å². The molecule has 0 aromatic heterocycles. The van der Waals surface area contributed by atoms with E-state index < -0.39 is 10.8 Å². The van der Waals surface area contributed by atoms with Crippen LogP contribution in [-0.4, -0.2) is 18.4 Å². The Labute approximate surface area is 121 Å². The number of benzene rings is 2. The van der Waals surface area contributed by atoms with Crippen LogP contribution < -0.4 is 15.2 Å². The average molecular weight is 291 g/mol. The first kappa shape index (κ1) is 14.4. The van der Waals surface area contributed by atoms with E-state index in [1.807, 2.05) is 24.3 Å². The fourth-order valence-corrected chi connectivity index (χ4v) is 3.01. The van der Waals surface area contributed by atoms with Crippen molar-refractivity contribution in [3.8, 4) is 11.5 Å². The molecule has 0 spiro atoms. The van der Waals surface area contributed by atoms with Crippen molar-refractivity contribution in [1.82, 2.24) is 0 Å². The lowest BCUT2D eigenvalue weighted by Crippen LogP contribution is -1.99. The normalized spacial score (nSPS) is 11.9. The maximum absolute atomic E-state index is 12.3. The van der Waals surface area contributed by atoms with Crippen LogP contribution in [0.15, 0.2) is 47.4 Å². The number of ether oxygens (including phenoxy) is 2. The first-order valence-corrected chi connectivity index (χ1v) is 7.40. The highest BCUT2D eigenvalue weighted by Crippen LogP contribution is 2.28. The Morgan fingerprint density at radius 1 is 1.05 bits per heavy atom. The van der Waals surface area contributed by atoms with Crippen LogP contribution in [0, 0.1) is 0 Å². The fraction of sp³-hybridized carbons (Fsp3) is 0.200. The van der Waals surface area contributed by atoms with Crippen LogP contribution in [0.1, 0.15) is 5.56 Å². The molecule has 0 radical (unpaired) electrons. The van der Waals surface area contributed by atoms with Crippen molar-refractivity contribution < 1.29 is 13.7 Å². The van der Waals surface area contributed by atoms with E-state index in [0.29, 0.717) is 22.9 Å². The number of anilines is 1. The topological polar surface area (TPSA) is 61.5 Å². The number of methoxy groups -OCH3 is 2. The van der Waals surface area contributed by atoms with Crippen molar-refractivity contribution in [2.24, 2.45) is 0 Å². The summed E-state index contributed by atoms with van der Waals surface area (Å²) in [6.07, 6.45) is 0. The van der Waals surface area contributed by atoms with Gasteiger partial charge in [0.2, 0.25) is 0 Å². The molecule has 2 aromatic rings. The Balaban J connectivity index is 2.19. The third kappa shape index (κ3) is 3.30. The maximum atomic E-state index is 12.3. The lowest BCUT2D eigenvalue weighted by atomic mass is 10.2. The zero-order chi connectivity index (χ0) is 14.5. The number of nitrogens with two attached hydrogens (primary N) is 1. The van der Waals surface area contributed by atoms with Crippen LogP contribution in [0.5, 0.6) is 11.5 Å². The number of hydrogen-bond acceptors (Lipinski definition) is 4. The van der Waals surface area contributed by atoms with Gasteiger partial charge in [0.1, 0.15) is 0 Å². The standard InChI is InChI=1S/C15H17NO3S/c1-18-14-7-6-11(8-15(14)19-2)10-20(17)13-5-3-4-12(16)9-13/h3-9H,10,16H2,1-2H3. The Hall–Kier alpha value is -2.01. The van der Waals surface area contributed by atoms with E-state index in [1.54, 1.807) is 32.4 Å². The average Bonchev–Trinajstić information content (AvgIpc) is 2.47. The van der Waals surface area contributed by atoms with Gasteiger partial charge in [-0.25, -0.2) is 0 Å². The SMILES string of the molecule is COc1ccc(CS(=O)c2cccc(N)c2)cc1OC. The predicted molar refractivity (Wildman–Crippen MR) is 80.5 cm³/mol. The summed E-state index contributed by atoms with van der Waals surface area (Å²) in [6.45, 7) is 0. The molecular weight excluding hydrogens is 274 g/mol. The van der Waals surface area contributed by atoms with Crippen LogP contribution in [0.25, 0.3) is 0 Å². The van der Waals surface area contributed by atoms with E-state index in [9.17, 15) is 4.21 Å². The highest BCUT2D eigenvalue weighted by molar-refractivity contribution is 7.84. The molecule has 2 N–H and O–H groups in total. The third-order valence-corrected chi connectivity index (χ3v) is 4.24. The van der Waals surface area contributed by atoms with E-state index in [-0.39, 0.29) is 0 Å². The molecule has 0 heterocycles. The molecule has 0 bridgehead atoms. The number of nitrogen functional groups attached to an aromatic ring is 1. The van der Waals surface area contributed by atoms with E-state index >= 15 is 0 Å². The lowest BCUT2D eigenvalue weighted by molar-refractivity contribution is 0.354. The molecule has 106 valence electrons. The summed E-state index contributed by atoms with van der Waals surface area (Å²) in [6, 6.07) is 12.7. The molecule has 20 heavy (non-hydrogen) atoms. The van der Waals surface area contributed by atoms with Gasteiger partial charge in [0.15, 0.2) is 11.5 Å². The summed E-state index contributed by atoms with van der Waals surface area (Å²) in [4.78, 5) is 0.722. The van der Waals surface area contributed by atoms with Crippen molar-refractivity contribution in [3.63, 3.8) is 0 Å². The summed E-state index contributed by atoms with van der Waals surface area (Å²) in [5, 5.41) is 0. The molecule has 0 amide bonds. The Bertz CT molecular complexity index is 628. The Kier molecular flexibility index (Phi) is 4.63. The van der Waals surface area contributed by atoms with Crippen LogP contribution in [0.2, 0.25) is 0 Å². The van der Waals surface area contributed by atoms with Gasteiger partial charge in [-0.05, 0) is 35.9 Å². The summed E-state index contributed by atoms with van der Waals surface area (Å²) >= 11 is 0. The Morgan fingerprint density at radius 3 is 2.45 bits per heavy atom. The fourth-order valence-electron chi connectivity index (χ4n) is 1.86.